The predicted octanol–water partition coefficient (Wildman–Crippen LogP) is 1.39. The third kappa shape index (κ3) is 4.10. The largest absolute Gasteiger partial charge is 0.481 e. The first kappa shape index (κ1) is 17.9. The first-order chi connectivity index (χ1) is 10.7. The van der Waals surface area contributed by atoms with E-state index in [4.69, 9.17) is 5.11 Å². The molecule has 0 aliphatic carbocycles. The molecule has 128 valence electrons. The van der Waals surface area contributed by atoms with Crippen LogP contribution in [0.5, 0.6) is 0 Å². The van der Waals surface area contributed by atoms with Gasteiger partial charge in [0.1, 0.15) is 0 Å². The van der Waals surface area contributed by atoms with Gasteiger partial charge in [0.2, 0.25) is 10.0 Å². The SMILES string of the molecule is Cc1cc(C)c(S(=O)(=O)N2CCN(CCC(=O)O)CC2)c(C)c1. The lowest BCUT2D eigenvalue weighted by molar-refractivity contribution is -0.137. The Bertz CT molecular complexity index is 669. The quantitative estimate of drug-likeness (QED) is 0.876. The zero-order valence-corrected chi connectivity index (χ0v) is 14.7. The molecule has 0 spiro atoms. The van der Waals surface area contributed by atoms with Crippen molar-refractivity contribution >= 4 is 16.0 Å². The Hall–Kier alpha value is -1.44. The molecular weight excluding hydrogens is 316 g/mol. The maximum atomic E-state index is 12.9. The van der Waals surface area contributed by atoms with Gasteiger partial charge >= 0.3 is 5.97 Å². The third-order valence-electron chi connectivity index (χ3n) is 4.18. The van der Waals surface area contributed by atoms with Crippen LogP contribution in [0.2, 0.25) is 0 Å². The standard InChI is InChI=1S/C16H24N2O4S/c1-12-10-13(2)16(14(3)11-12)23(21,22)18-8-6-17(7-9-18)5-4-15(19)20/h10-11H,4-9H2,1-3H3,(H,19,20). The molecule has 0 atom stereocenters. The molecule has 7 heteroatoms. The van der Waals surface area contributed by atoms with Gasteiger partial charge < -0.3 is 10.0 Å². The maximum absolute atomic E-state index is 12.9. The van der Waals surface area contributed by atoms with Crippen LogP contribution in [-0.4, -0.2) is 61.4 Å². The summed E-state index contributed by atoms with van der Waals surface area (Å²) < 4.78 is 27.4. The van der Waals surface area contributed by atoms with Crippen molar-refractivity contribution in [1.29, 1.82) is 0 Å². The molecule has 1 saturated heterocycles. The Balaban J connectivity index is 2.12. The van der Waals surface area contributed by atoms with Crippen molar-refractivity contribution in [1.82, 2.24) is 9.21 Å². The van der Waals surface area contributed by atoms with Gasteiger partial charge in [0.25, 0.3) is 0 Å². The Morgan fingerprint density at radius 2 is 1.61 bits per heavy atom. The van der Waals surface area contributed by atoms with Gasteiger partial charge in [-0.2, -0.15) is 4.31 Å². The third-order valence-corrected chi connectivity index (χ3v) is 6.38. The molecule has 1 aromatic carbocycles. The molecule has 0 bridgehead atoms. The van der Waals surface area contributed by atoms with E-state index in [1.165, 1.54) is 4.31 Å². The van der Waals surface area contributed by atoms with E-state index >= 15 is 0 Å². The minimum absolute atomic E-state index is 0.0862. The summed E-state index contributed by atoms with van der Waals surface area (Å²) in [5.74, 6) is -0.828. The maximum Gasteiger partial charge on any atom is 0.304 e. The number of sulfonamides is 1. The van der Waals surface area contributed by atoms with Crippen LogP contribution in [0.4, 0.5) is 0 Å². The van der Waals surface area contributed by atoms with Crippen molar-refractivity contribution in [3.05, 3.63) is 28.8 Å². The van der Waals surface area contributed by atoms with Crippen molar-refractivity contribution < 1.29 is 18.3 Å². The normalized spacial score (nSPS) is 17.3. The number of benzene rings is 1. The van der Waals surface area contributed by atoms with Crippen LogP contribution >= 0.6 is 0 Å². The fraction of sp³-hybridized carbons (Fsp3) is 0.562. The van der Waals surface area contributed by atoms with E-state index in [1.54, 1.807) is 0 Å². The number of aliphatic carboxylic acids is 1. The number of aryl methyl sites for hydroxylation is 3. The molecule has 1 N–H and O–H groups in total. The number of carbonyl (C=O) groups is 1. The van der Waals surface area contributed by atoms with Crippen LogP contribution < -0.4 is 0 Å². The number of carboxylic acid groups (broad SMARTS) is 1. The summed E-state index contributed by atoms with van der Waals surface area (Å²) in [5.41, 5.74) is 2.60. The fourth-order valence-electron chi connectivity index (χ4n) is 3.15. The number of piperazine rings is 1. The van der Waals surface area contributed by atoms with Gasteiger partial charge in [-0.1, -0.05) is 17.7 Å². The van der Waals surface area contributed by atoms with E-state index in [0.29, 0.717) is 37.6 Å². The molecule has 0 saturated carbocycles. The summed E-state index contributed by atoms with van der Waals surface area (Å²) in [7, 11) is -3.50. The molecule has 1 aliphatic rings. The topological polar surface area (TPSA) is 77.9 Å². The molecule has 2 rings (SSSR count). The van der Waals surface area contributed by atoms with Gasteiger partial charge in [-0.15, -0.1) is 0 Å². The van der Waals surface area contributed by atoms with Gasteiger partial charge in [0.15, 0.2) is 0 Å². The first-order valence-corrected chi connectivity index (χ1v) is 9.18. The first-order valence-electron chi connectivity index (χ1n) is 7.74. The number of carboxylic acids is 1. The van der Waals surface area contributed by atoms with Gasteiger partial charge in [-0.3, -0.25) is 4.79 Å². The van der Waals surface area contributed by atoms with E-state index in [-0.39, 0.29) is 6.42 Å². The van der Waals surface area contributed by atoms with Gasteiger partial charge in [-0.25, -0.2) is 8.42 Å². The zero-order chi connectivity index (χ0) is 17.2. The van der Waals surface area contributed by atoms with Crippen LogP contribution in [0.3, 0.4) is 0 Å². The smallest absolute Gasteiger partial charge is 0.304 e. The highest BCUT2D eigenvalue weighted by molar-refractivity contribution is 7.89. The lowest BCUT2D eigenvalue weighted by Crippen LogP contribution is -2.49. The number of rotatable bonds is 5. The summed E-state index contributed by atoms with van der Waals surface area (Å²) >= 11 is 0. The molecule has 6 nitrogen and oxygen atoms in total. The van der Waals surface area contributed by atoms with E-state index in [0.717, 1.165) is 16.7 Å². The highest BCUT2D eigenvalue weighted by atomic mass is 32.2. The van der Waals surface area contributed by atoms with Crippen LogP contribution in [-0.2, 0) is 14.8 Å². The minimum atomic E-state index is -3.50. The molecular formula is C16H24N2O4S. The highest BCUT2D eigenvalue weighted by Crippen LogP contribution is 2.26. The van der Waals surface area contributed by atoms with E-state index in [2.05, 4.69) is 0 Å². The Labute approximate surface area is 137 Å². The second-order valence-electron chi connectivity index (χ2n) is 6.12. The van der Waals surface area contributed by atoms with E-state index < -0.39 is 16.0 Å². The number of hydrogen-bond acceptors (Lipinski definition) is 4. The predicted molar refractivity (Wildman–Crippen MR) is 88.1 cm³/mol. The second-order valence-corrected chi connectivity index (χ2v) is 7.99. The molecule has 0 amide bonds. The van der Waals surface area contributed by atoms with Crippen molar-refractivity contribution in [3.8, 4) is 0 Å². The summed E-state index contributed by atoms with van der Waals surface area (Å²) in [6.07, 6.45) is 0.0862. The Morgan fingerprint density at radius 1 is 1.09 bits per heavy atom. The molecule has 0 unspecified atom stereocenters. The minimum Gasteiger partial charge on any atom is -0.481 e. The molecule has 1 aliphatic heterocycles. The van der Waals surface area contributed by atoms with Crippen molar-refractivity contribution in [2.24, 2.45) is 0 Å². The van der Waals surface area contributed by atoms with Gasteiger partial charge in [0.05, 0.1) is 11.3 Å². The average Bonchev–Trinajstić information content (AvgIpc) is 2.44. The molecule has 1 aromatic rings. The van der Waals surface area contributed by atoms with Gasteiger partial charge in [-0.05, 0) is 31.9 Å². The Morgan fingerprint density at radius 3 is 2.09 bits per heavy atom. The molecule has 23 heavy (non-hydrogen) atoms. The summed E-state index contributed by atoms with van der Waals surface area (Å²) in [5, 5.41) is 8.72. The Kier molecular flexibility index (Phi) is 5.44. The van der Waals surface area contributed by atoms with Crippen molar-refractivity contribution in [2.45, 2.75) is 32.1 Å². The highest BCUT2D eigenvalue weighted by Gasteiger charge is 2.30. The molecule has 1 fully saturated rings. The number of nitrogens with zero attached hydrogens (tertiary/aromatic N) is 2. The molecule has 0 radical (unpaired) electrons. The molecule has 1 heterocycles. The van der Waals surface area contributed by atoms with Crippen LogP contribution in [0.25, 0.3) is 0 Å². The second kappa shape index (κ2) is 6.98. The number of hydrogen-bond donors (Lipinski definition) is 1. The fourth-order valence-corrected chi connectivity index (χ4v) is 4.98. The van der Waals surface area contributed by atoms with Crippen molar-refractivity contribution in [2.75, 3.05) is 32.7 Å². The van der Waals surface area contributed by atoms with Crippen LogP contribution in [0.15, 0.2) is 17.0 Å². The van der Waals surface area contributed by atoms with Gasteiger partial charge in [0, 0.05) is 32.7 Å². The lowest BCUT2D eigenvalue weighted by Gasteiger charge is -2.34. The van der Waals surface area contributed by atoms with E-state index in [1.807, 2.05) is 37.8 Å². The van der Waals surface area contributed by atoms with E-state index in [9.17, 15) is 13.2 Å². The average molecular weight is 340 g/mol. The summed E-state index contributed by atoms with van der Waals surface area (Å²) in [6.45, 7) is 8.01. The lowest BCUT2D eigenvalue weighted by atomic mass is 10.1. The zero-order valence-electron chi connectivity index (χ0n) is 13.9. The molecule has 0 aromatic heterocycles. The summed E-state index contributed by atoms with van der Waals surface area (Å²) in [4.78, 5) is 13.0. The monoisotopic (exact) mass is 340 g/mol. The van der Waals surface area contributed by atoms with Crippen LogP contribution in [0, 0.1) is 20.8 Å². The van der Waals surface area contributed by atoms with Crippen molar-refractivity contribution in [3.63, 3.8) is 0 Å². The summed E-state index contributed by atoms with van der Waals surface area (Å²) in [6, 6.07) is 3.78. The van der Waals surface area contributed by atoms with Crippen LogP contribution in [0.1, 0.15) is 23.1 Å².